The molecular weight excluding hydrogens is 390 g/mol. The number of benzene rings is 2. The third-order valence-corrected chi connectivity index (χ3v) is 4.88. The van der Waals surface area contributed by atoms with E-state index < -0.39 is 23.4 Å². The number of hydrogen-bond acceptors (Lipinski definition) is 3. The molecule has 2 aromatic carbocycles. The van der Waals surface area contributed by atoms with Gasteiger partial charge in [0.25, 0.3) is 5.91 Å². The van der Waals surface area contributed by atoms with Crippen molar-refractivity contribution >= 4 is 23.4 Å². The van der Waals surface area contributed by atoms with Gasteiger partial charge in [0.1, 0.15) is 23.5 Å². The maximum Gasteiger partial charge on any atom is 0.254 e. The van der Waals surface area contributed by atoms with Crippen LogP contribution in [0.2, 0.25) is 5.02 Å². The number of likely N-dealkylation sites (tertiary alicyclic amines) is 1. The van der Waals surface area contributed by atoms with Gasteiger partial charge in [0.05, 0.1) is 0 Å². The molecule has 2 N–H and O–H groups in total. The van der Waals surface area contributed by atoms with Crippen molar-refractivity contribution < 1.29 is 23.1 Å². The quantitative estimate of drug-likeness (QED) is 0.824. The van der Waals surface area contributed by atoms with Crippen LogP contribution in [0.5, 0.6) is 5.75 Å². The van der Waals surface area contributed by atoms with Gasteiger partial charge in [-0.3, -0.25) is 9.59 Å². The Kier molecular flexibility index (Phi) is 6.14. The Hall–Kier alpha value is -2.67. The fourth-order valence-corrected chi connectivity index (χ4v) is 3.48. The van der Waals surface area contributed by atoms with Gasteiger partial charge in [-0.05, 0) is 36.4 Å². The Balaban J connectivity index is 1.74. The monoisotopic (exact) mass is 408 g/mol. The smallest absolute Gasteiger partial charge is 0.254 e. The van der Waals surface area contributed by atoms with Gasteiger partial charge in [-0.2, -0.15) is 0 Å². The van der Waals surface area contributed by atoms with Gasteiger partial charge in [-0.15, -0.1) is 0 Å². The van der Waals surface area contributed by atoms with Crippen molar-refractivity contribution in [3.8, 4) is 5.75 Å². The normalized spacial score (nSPS) is 19.3. The van der Waals surface area contributed by atoms with Crippen molar-refractivity contribution in [1.82, 2.24) is 4.90 Å². The largest absolute Gasteiger partial charge is 0.490 e. The first-order valence-electron chi connectivity index (χ1n) is 8.77. The van der Waals surface area contributed by atoms with Crippen molar-refractivity contribution in [2.24, 2.45) is 11.7 Å². The van der Waals surface area contributed by atoms with Gasteiger partial charge in [0, 0.05) is 48.5 Å². The number of carbonyl (C=O) groups excluding carboxylic acids is 2. The average Bonchev–Trinajstić information content (AvgIpc) is 2.63. The highest BCUT2D eigenvalue weighted by molar-refractivity contribution is 6.30. The second kappa shape index (κ2) is 8.56. The number of piperidine rings is 1. The molecule has 0 unspecified atom stereocenters. The number of halogens is 3. The third-order valence-electron chi connectivity index (χ3n) is 4.63. The zero-order valence-electron chi connectivity index (χ0n) is 14.9. The Labute approximate surface area is 166 Å². The second-order valence-corrected chi connectivity index (χ2v) is 7.18. The number of hydrogen-bond donors (Lipinski definition) is 1. The number of amides is 2. The standard InChI is InChI=1S/C20H19ClF2N2O3/c21-14-1-3-17(4-2-14)28-18-5-6-25(11-13(18)9-19(24)26)20(27)12-7-15(22)10-16(23)8-12/h1-4,7-8,10,13,18H,5-6,9,11H2,(H2,24,26)/t13-,18-/m0/s1. The van der Waals surface area contributed by atoms with Crippen LogP contribution in [0.3, 0.4) is 0 Å². The Morgan fingerprint density at radius 1 is 1.14 bits per heavy atom. The van der Waals surface area contributed by atoms with Crippen LogP contribution in [0.25, 0.3) is 0 Å². The van der Waals surface area contributed by atoms with Crippen molar-refractivity contribution in [2.45, 2.75) is 18.9 Å². The van der Waals surface area contributed by atoms with Crippen LogP contribution >= 0.6 is 11.6 Å². The van der Waals surface area contributed by atoms with Gasteiger partial charge in [-0.1, -0.05) is 11.6 Å². The summed E-state index contributed by atoms with van der Waals surface area (Å²) in [4.78, 5) is 25.6. The summed E-state index contributed by atoms with van der Waals surface area (Å²) in [7, 11) is 0. The minimum atomic E-state index is -0.821. The Morgan fingerprint density at radius 3 is 2.39 bits per heavy atom. The number of rotatable bonds is 5. The zero-order chi connectivity index (χ0) is 20.3. The van der Waals surface area contributed by atoms with E-state index in [1.807, 2.05) is 0 Å². The minimum absolute atomic E-state index is 0.0273. The molecule has 1 fully saturated rings. The molecule has 3 rings (SSSR count). The lowest BCUT2D eigenvalue weighted by molar-refractivity contribution is -0.120. The minimum Gasteiger partial charge on any atom is -0.490 e. The van der Waals surface area contributed by atoms with E-state index in [-0.39, 0.29) is 30.6 Å². The first-order chi connectivity index (χ1) is 13.3. The average molecular weight is 409 g/mol. The van der Waals surface area contributed by atoms with Gasteiger partial charge in [0.2, 0.25) is 5.91 Å². The summed E-state index contributed by atoms with van der Waals surface area (Å²) in [6.45, 7) is 0.517. The molecule has 2 atom stereocenters. The highest BCUT2D eigenvalue weighted by atomic mass is 35.5. The molecule has 0 aliphatic carbocycles. The first kappa shape index (κ1) is 20.1. The van der Waals surface area contributed by atoms with Crippen LogP contribution in [-0.2, 0) is 4.79 Å². The summed E-state index contributed by atoms with van der Waals surface area (Å²) < 4.78 is 32.8. The SMILES string of the molecule is NC(=O)C[C@H]1CN(C(=O)c2cc(F)cc(F)c2)CC[C@@H]1Oc1ccc(Cl)cc1. The lowest BCUT2D eigenvalue weighted by Gasteiger charge is -2.38. The van der Waals surface area contributed by atoms with Crippen LogP contribution in [0.1, 0.15) is 23.2 Å². The molecule has 1 aliphatic heterocycles. The van der Waals surface area contributed by atoms with Crippen LogP contribution < -0.4 is 10.5 Å². The number of carbonyl (C=O) groups is 2. The maximum absolute atomic E-state index is 13.4. The molecule has 1 heterocycles. The van der Waals surface area contributed by atoms with E-state index in [9.17, 15) is 18.4 Å². The molecule has 0 spiro atoms. The van der Waals surface area contributed by atoms with Gasteiger partial charge < -0.3 is 15.4 Å². The van der Waals surface area contributed by atoms with Gasteiger partial charge >= 0.3 is 0 Å². The molecular formula is C20H19ClF2N2O3. The fourth-order valence-electron chi connectivity index (χ4n) is 3.35. The number of nitrogens with two attached hydrogens (primary N) is 1. The Bertz CT molecular complexity index is 856. The zero-order valence-corrected chi connectivity index (χ0v) is 15.7. The molecule has 5 nitrogen and oxygen atoms in total. The van der Waals surface area contributed by atoms with Crippen LogP contribution in [-0.4, -0.2) is 35.9 Å². The number of nitrogens with zero attached hydrogens (tertiary/aromatic N) is 1. The summed E-state index contributed by atoms with van der Waals surface area (Å²) in [5.41, 5.74) is 5.28. The molecule has 0 aromatic heterocycles. The van der Waals surface area contributed by atoms with E-state index in [2.05, 4.69) is 0 Å². The molecule has 28 heavy (non-hydrogen) atoms. The van der Waals surface area contributed by atoms with Crippen LogP contribution in [0, 0.1) is 17.6 Å². The van der Waals surface area contributed by atoms with E-state index in [0.29, 0.717) is 29.8 Å². The van der Waals surface area contributed by atoms with E-state index in [1.165, 1.54) is 4.90 Å². The van der Waals surface area contributed by atoms with Crippen molar-refractivity contribution in [1.29, 1.82) is 0 Å². The van der Waals surface area contributed by atoms with Gasteiger partial charge in [-0.25, -0.2) is 8.78 Å². The van der Waals surface area contributed by atoms with E-state index in [1.54, 1.807) is 24.3 Å². The van der Waals surface area contributed by atoms with Crippen molar-refractivity contribution in [3.63, 3.8) is 0 Å². The summed E-state index contributed by atoms with van der Waals surface area (Å²) in [6, 6.07) is 9.51. The molecule has 148 valence electrons. The van der Waals surface area contributed by atoms with E-state index in [4.69, 9.17) is 22.1 Å². The fraction of sp³-hybridized carbons (Fsp3) is 0.300. The summed E-state index contributed by atoms with van der Waals surface area (Å²) in [5.74, 6) is -2.41. The summed E-state index contributed by atoms with van der Waals surface area (Å²) in [5, 5.41) is 0.573. The molecule has 0 saturated carbocycles. The van der Waals surface area contributed by atoms with Crippen LogP contribution in [0.15, 0.2) is 42.5 Å². The van der Waals surface area contributed by atoms with Crippen molar-refractivity contribution in [3.05, 3.63) is 64.7 Å². The highest BCUT2D eigenvalue weighted by Gasteiger charge is 2.34. The molecule has 0 radical (unpaired) electrons. The summed E-state index contributed by atoms with van der Waals surface area (Å²) >= 11 is 5.87. The molecule has 2 aromatic rings. The Morgan fingerprint density at radius 2 is 1.79 bits per heavy atom. The van der Waals surface area contributed by atoms with E-state index >= 15 is 0 Å². The van der Waals surface area contributed by atoms with Crippen molar-refractivity contribution in [2.75, 3.05) is 13.1 Å². The second-order valence-electron chi connectivity index (χ2n) is 6.74. The highest BCUT2D eigenvalue weighted by Crippen LogP contribution is 2.27. The third kappa shape index (κ3) is 4.98. The van der Waals surface area contributed by atoms with Crippen LogP contribution in [0.4, 0.5) is 8.78 Å². The molecule has 1 aliphatic rings. The number of primary amides is 1. The van der Waals surface area contributed by atoms with E-state index in [0.717, 1.165) is 12.1 Å². The molecule has 0 bridgehead atoms. The maximum atomic E-state index is 13.4. The predicted molar refractivity (Wildman–Crippen MR) is 100 cm³/mol. The lowest BCUT2D eigenvalue weighted by Crippen LogP contribution is -2.49. The lowest BCUT2D eigenvalue weighted by atomic mass is 9.90. The first-order valence-corrected chi connectivity index (χ1v) is 9.15. The molecule has 2 amide bonds. The topological polar surface area (TPSA) is 72.6 Å². The summed E-state index contributed by atoms with van der Waals surface area (Å²) in [6.07, 6.45) is 0.144. The molecule has 8 heteroatoms. The predicted octanol–water partition coefficient (Wildman–Crippen LogP) is 3.40. The number of ether oxygens (including phenoxy) is 1. The van der Waals surface area contributed by atoms with Gasteiger partial charge in [0.15, 0.2) is 0 Å². The molecule has 1 saturated heterocycles.